The molecule has 2 unspecified atom stereocenters. The van der Waals surface area contributed by atoms with Crippen molar-refractivity contribution < 1.29 is 9.84 Å². The molecule has 1 aromatic carbocycles. The molecule has 1 saturated heterocycles. The highest BCUT2D eigenvalue weighted by Crippen LogP contribution is 2.37. The molecule has 2 atom stereocenters. The van der Waals surface area contributed by atoms with Crippen LogP contribution in [0.5, 0.6) is 0 Å². The van der Waals surface area contributed by atoms with Gasteiger partial charge >= 0.3 is 0 Å². The maximum absolute atomic E-state index is 9.29. The van der Waals surface area contributed by atoms with Crippen LogP contribution < -0.4 is 4.90 Å². The van der Waals surface area contributed by atoms with Crippen LogP contribution in [0, 0.1) is 0 Å². The van der Waals surface area contributed by atoms with Gasteiger partial charge in [-0.3, -0.25) is 4.57 Å². The van der Waals surface area contributed by atoms with E-state index in [0.717, 1.165) is 42.8 Å². The molecule has 0 aliphatic carbocycles. The van der Waals surface area contributed by atoms with Crippen molar-refractivity contribution in [1.82, 2.24) is 19.5 Å². The molecular formula is C18H19N5O2. The van der Waals surface area contributed by atoms with E-state index >= 15 is 0 Å². The van der Waals surface area contributed by atoms with E-state index in [4.69, 9.17) is 4.74 Å². The number of anilines is 2. The van der Waals surface area contributed by atoms with Crippen molar-refractivity contribution in [3.05, 3.63) is 42.5 Å². The Morgan fingerprint density at radius 1 is 1.16 bits per heavy atom. The molecule has 5 rings (SSSR count). The Bertz CT molecular complexity index is 925. The van der Waals surface area contributed by atoms with E-state index in [-0.39, 0.29) is 18.9 Å². The van der Waals surface area contributed by atoms with Crippen LogP contribution in [-0.4, -0.2) is 43.9 Å². The summed E-state index contributed by atoms with van der Waals surface area (Å²) in [5.41, 5.74) is 4.08. The second-order valence-corrected chi connectivity index (χ2v) is 6.52. The Labute approximate surface area is 144 Å². The highest BCUT2D eigenvalue weighted by Gasteiger charge is 2.29. The predicted octanol–water partition coefficient (Wildman–Crippen LogP) is 2.19. The van der Waals surface area contributed by atoms with Gasteiger partial charge in [-0.05, 0) is 30.9 Å². The number of aliphatic hydroxyl groups excluding tert-OH is 1. The third-order valence-electron chi connectivity index (χ3n) is 5.08. The van der Waals surface area contributed by atoms with Crippen molar-refractivity contribution in [3.63, 3.8) is 0 Å². The Balaban J connectivity index is 1.56. The number of ether oxygens (including phenoxy) is 1. The van der Waals surface area contributed by atoms with Crippen LogP contribution in [0.3, 0.4) is 0 Å². The summed E-state index contributed by atoms with van der Waals surface area (Å²) in [4.78, 5) is 15.8. The van der Waals surface area contributed by atoms with Crippen molar-refractivity contribution in [3.8, 4) is 0 Å². The van der Waals surface area contributed by atoms with Crippen molar-refractivity contribution >= 4 is 22.7 Å². The summed E-state index contributed by atoms with van der Waals surface area (Å²) in [6.45, 7) is 0.943. The lowest BCUT2D eigenvalue weighted by molar-refractivity contribution is -0.0207. The molecule has 2 aliphatic heterocycles. The number of imidazole rings is 1. The summed E-state index contributed by atoms with van der Waals surface area (Å²) in [5, 5.41) is 9.29. The number of hydrogen-bond donors (Lipinski definition) is 1. The monoisotopic (exact) mass is 337 g/mol. The Hall–Kier alpha value is -2.51. The number of rotatable bonds is 3. The van der Waals surface area contributed by atoms with Gasteiger partial charge < -0.3 is 14.7 Å². The Morgan fingerprint density at radius 3 is 2.96 bits per heavy atom. The first-order valence-corrected chi connectivity index (χ1v) is 8.64. The van der Waals surface area contributed by atoms with Crippen LogP contribution in [0.2, 0.25) is 0 Å². The molecule has 4 heterocycles. The highest BCUT2D eigenvalue weighted by molar-refractivity contribution is 5.87. The maximum Gasteiger partial charge on any atom is 0.167 e. The quantitative estimate of drug-likeness (QED) is 0.789. The molecule has 1 fully saturated rings. The second kappa shape index (κ2) is 5.79. The lowest BCUT2D eigenvalue weighted by Gasteiger charge is -2.18. The van der Waals surface area contributed by atoms with E-state index in [1.807, 2.05) is 4.57 Å². The molecule has 0 spiro atoms. The van der Waals surface area contributed by atoms with E-state index in [0.29, 0.717) is 0 Å². The lowest BCUT2D eigenvalue weighted by Crippen LogP contribution is -2.16. The SMILES string of the molecule is OCC1CCC(n2cnc3c(N4CCc5ccccc54)ncnc32)O1. The first kappa shape index (κ1) is 14.8. The van der Waals surface area contributed by atoms with Crippen molar-refractivity contribution in [2.24, 2.45) is 0 Å². The van der Waals surface area contributed by atoms with Gasteiger partial charge in [0, 0.05) is 12.2 Å². The van der Waals surface area contributed by atoms with Gasteiger partial charge in [0.05, 0.1) is 19.0 Å². The normalized spacial score (nSPS) is 22.7. The first-order chi connectivity index (χ1) is 12.3. The molecule has 1 N–H and O–H groups in total. The zero-order valence-corrected chi connectivity index (χ0v) is 13.7. The molecule has 0 bridgehead atoms. The van der Waals surface area contributed by atoms with Gasteiger partial charge in [0.2, 0.25) is 0 Å². The average Bonchev–Trinajstić information content (AvgIpc) is 3.38. The summed E-state index contributed by atoms with van der Waals surface area (Å²) >= 11 is 0. The van der Waals surface area contributed by atoms with E-state index < -0.39 is 0 Å². The molecule has 2 aliphatic rings. The number of fused-ring (bicyclic) bond motifs is 2. The van der Waals surface area contributed by atoms with Crippen molar-refractivity contribution in [1.29, 1.82) is 0 Å². The number of nitrogens with zero attached hydrogens (tertiary/aromatic N) is 5. The molecular weight excluding hydrogens is 318 g/mol. The van der Waals surface area contributed by atoms with Gasteiger partial charge in [-0.25, -0.2) is 15.0 Å². The Kier molecular flexibility index (Phi) is 3.43. The number of hydrogen-bond acceptors (Lipinski definition) is 6. The zero-order valence-electron chi connectivity index (χ0n) is 13.7. The van der Waals surface area contributed by atoms with Crippen LogP contribution in [0.1, 0.15) is 24.6 Å². The molecule has 0 saturated carbocycles. The molecule has 7 nitrogen and oxygen atoms in total. The number of aromatic nitrogens is 4. The third-order valence-corrected chi connectivity index (χ3v) is 5.08. The fourth-order valence-electron chi connectivity index (χ4n) is 3.83. The fourth-order valence-corrected chi connectivity index (χ4v) is 3.83. The lowest BCUT2D eigenvalue weighted by atomic mass is 10.2. The molecule has 0 radical (unpaired) electrons. The topological polar surface area (TPSA) is 76.3 Å². The number of benzene rings is 1. The minimum Gasteiger partial charge on any atom is -0.394 e. The van der Waals surface area contributed by atoms with Crippen LogP contribution in [0.4, 0.5) is 11.5 Å². The minimum atomic E-state index is -0.129. The summed E-state index contributed by atoms with van der Waals surface area (Å²) in [6, 6.07) is 8.41. The molecule has 0 amide bonds. The molecule has 2 aromatic heterocycles. The van der Waals surface area contributed by atoms with Gasteiger partial charge in [0.15, 0.2) is 17.0 Å². The summed E-state index contributed by atoms with van der Waals surface area (Å²) in [6.07, 6.45) is 5.84. The highest BCUT2D eigenvalue weighted by atomic mass is 16.5. The average molecular weight is 337 g/mol. The van der Waals surface area contributed by atoms with Crippen LogP contribution >= 0.6 is 0 Å². The van der Waals surface area contributed by atoms with Gasteiger partial charge in [-0.15, -0.1) is 0 Å². The second-order valence-electron chi connectivity index (χ2n) is 6.52. The summed E-state index contributed by atoms with van der Waals surface area (Å²) in [7, 11) is 0. The summed E-state index contributed by atoms with van der Waals surface area (Å²) in [5.74, 6) is 0.838. The maximum atomic E-state index is 9.29. The van der Waals surface area contributed by atoms with E-state index in [1.165, 1.54) is 11.3 Å². The molecule has 7 heteroatoms. The molecule has 128 valence electrons. The fraction of sp³-hybridized carbons (Fsp3) is 0.389. The third kappa shape index (κ3) is 2.31. The van der Waals surface area contributed by atoms with E-state index in [2.05, 4.69) is 44.1 Å². The van der Waals surface area contributed by atoms with Gasteiger partial charge in [0.25, 0.3) is 0 Å². The Morgan fingerprint density at radius 2 is 2.08 bits per heavy atom. The van der Waals surface area contributed by atoms with Crippen molar-refractivity contribution in [2.75, 3.05) is 18.1 Å². The molecule has 3 aromatic rings. The van der Waals surface area contributed by atoms with Crippen LogP contribution in [0.15, 0.2) is 36.9 Å². The standard InChI is InChI=1S/C18H19N5O2/c24-9-13-5-6-15(25-13)23-11-21-16-17(19-10-20-18(16)23)22-8-7-12-3-1-2-4-14(12)22/h1-4,10-11,13,15,24H,5-9H2. The number of para-hydroxylation sites is 1. The molecule has 25 heavy (non-hydrogen) atoms. The van der Waals surface area contributed by atoms with Gasteiger partial charge in [-0.2, -0.15) is 0 Å². The first-order valence-electron chi connectivity index (χ1n) is 8.64. The van der Waals surface area contributed by atoms with Gasteiger partial charge in [-0.1, -0.05) is 18.2 Å². The van der Waals surface area contributed by atoms with Crippen LogP contribution in [0.25, 0.3) is 11.2 Å². The zero-order chi connectivity index (χ0) is 16.8. The van der Waals surface area contributed by atoms with Gasteiger partial charge in [0.1, 0.15) is 12.6 Å². The number of aliphatic hydroxyl groups is 1. The summed E-state index contributed by atoms with van der Waals surface area (Å²) < 4.78 is 7.84. The largest absolute Gasteiger partial charge is 0.394 e. The van der Waals surface area contributed by atoms with Crippen molar-refractivity contribution in [2.45, 2.75) is 31.6 Å². The minimum absolute atomic E-state index is 0.0495. The van der Waals surface area contributed by atoms with Crippen LogP contribution in [-0.2, 0) is 11.2 Å². The smallest absolute Gasteiger partial charge is 0.167 e. The van der Waals surface area contributed by atoms with E-state index in [9.17, 15) is 5.11 Å². The van der Waals surface area contributed by atoms with E-state index in [1.54, 1.807) is 12.7 Å². The predicted molar refractivity (Wildman–Crippen MR) is 92.7 cm³/mol.